The number of benzene rings is 1. The van der Waals surface area contributed by atoms with E-state index in [0.29, 0.717) is 6.04 Å². The first kappa shape index (κ1) is 19.8. The van der Waals surface area contributed by atoms with Gasteiger partial charge in [0.15, 0.2) is 5.11 Å². The molecular weight excluding hydrogens is 456 g/mol. The zero-order valence-electron chi connectivity index (χ0n) is 16.7. The molecule has 154 valence electrons. The molecule has 2 fully saturated rings. The molecule has 0 radical (unpaired) electrons. The van der Waals surface area contributed by atoms with Gasteiger partial charge in [-0.25, -0.2) is 0 Å². The van der Waals surface area contributed by atoms with Crippen LogP contribution in [0.2, 0.25) is 0 Å². The minimum Gasteiger partial charge on any atom is -0.352 e. The van der Waals surface area contributed by atoms with Crippen molar-refractivity contribution in [2.24, 2.45) is 0 Å². The fourth-order valence-corrected chi connectivity index (χ4v) is 5.71. The maximum absolute atomic E-state index is 5.90. The van der Waals surface area contributed by atoms with E-state index in [1.807, 2.05) is 12.3 Å². The van der Waals surface area contributed by atoms with Gasteiger partial charge in [0.25, 0.3) is 0 Å². The van der Waals surface area contributed by atoms with Crippen LogP contribution in [0.5, 0.6) is 0 Å². The van der Waals surface area contributed by atoms with Gasteiger partial charge in [-0.3, -0.25) is 4.98 Å². The molecule has 5 rings (SSSR count). The van der Waals surface area contributed by atoms with E-state index in [9.17, 15) is 0 Å². The second-order valence-corrected chi connectivity index (χ2v) is 9.41. The van der Waals surface area contributed by atoms with Crippen LogP contribution in [0.4, 0.5) is 0 Å². The molecule has 1 aliphatic heterocycles. The molecule has 0 amide bonds. The van der Waals surface area contributed by atoms with Crippen LogP contribution < -0.4 is 5.32 Å². The second-order valence-electron chi connectivity index (χ2n) is 8.11. The van der Waals surface area contributed by atoms with Crippen LogP contribution in [0.25, 0.3) is 5.69 Å². The fraction of sp³-hybridized carbons (Fsp3) is 0.333. The van der Waals surface area contributed by atoms with Crippen molar-refractivity contribution in [3.63, 3.8) is 0 Å². The first-order chi connectivity index (χ1) is 14.7. The zero-order valence-corrected chi connectivity index (χ0v) is 19.1. The number of hydrogen-bond donors (Lipinski definition) is 1. The van der Waals surface area contributed by atoms with Gasteiger partial charge in [0.05, 0.1) is 17.8 Å². The highest BCUT2D eigenvalue weighted by Gasteiger charge is 2.44. The number of thiocarbonyl (C=S) groups is 1. The summed E-state index contributed by atoms with van der Waals surface area (Å²) >= 11 is 9.52. The number of nitrogens with zero attached hydrogens (tertiary/aromatic N) is 3. The van der Waals surface area contributed by atoms with Gasteiger partial charge < -0.3 is 14.8 Å². The number of pyridine rings is 1. The third kappa shape index (κ3) is 3.67. The monoisotopic (exact) mass is 480 g/mol. The summed E-state index contributed by atoms with van der Waals surface area (Å²) in [5.74, 6) is 0. The number of aromatic nitrogens is 2. The van der Waals surface area contributed by atoms with Crippen molar-refractivity contribution in [1.29, 1.82) is 0 Å². The van der Waals surface area contributed by atoms with E-state index in [-0.39, 0.29) is 12.1 Å². The molecule has 3 aromatic rings. The Labute approximate surface area is 191 Å². The van der Waals surface area contributed by atoms with Gasteiger partial charge in [0.1, 0.15) is 0 Å². The molecule has 4 nitrogen and oxygen atoms in total. The van der Waals surface area contributed by atoms with Crippen LogP contribution in [0.1, 0.15) is 55.6 Å². The minimum absolute atomic E-state index is 0.0291. The largest absolute Gasteiger partial charge is 0.352 e. The Hall–Kier alpha value is -2.18. The average molecular weight is 481 g/mol. The number of rotatable bonds is 4. The first-order valence-electron chi connectivity index (χ1n) is 10.7. The second kappa shape index (κ2) is 8.52. The molecule has 0 unspecified atom stereocenters. The van der Waals surface area contributed by atoms with Crippen molar-refractivity contribution in [2.45, 2.75) is 50.2 Å². The Balaban J connectivity index is 1.61. The fourth-order valence-electron chi connectivity index (χ4n) is 4.93. The molecule has 30 heavy (non-hydrogen) atoms. The topological polar surface area (TPSA) is 33.1 Å². The molecule has 1 aromatic carbocycles. The molecule has 1 saturated carbocycles. The Morgan fingerprint density at radius 1 is 1.00 bits per heavy atom. The summed E-state index contributed by atoms with van der Waals surface area (Å²) in [5, 5.41) is 4.47. The highest BCUT2D eigenvalue weighted by atomic mass is 79.9. The van der Waals surface area contributed by atoms with Gasteiger partial charge in [-0.15, -0.1) is 0 Å². The highest BCUT2D eigenvalue weighted by Crippen LogP contribution is 2.43. The maximum Gasteiger partial charge on any atom is 0.170 e. The third-order valence-corrected chi connectivity index (χ3v) is 7.10. The SMILES string of the molecule is S=C1N[C@H](c2ccccn2)[C@H](c2cccn2-c2cccc(Br)c2)N1C1CCCCC1. The Morgan fingerprint density at radius 2 is 1.87 bits per heavy atom. The summed E-state index contributed by atoms with van der Waals surface area (Å²) in [4.78, 5) is 7.16. The van der Waals surface area contributed by atoms with Crippen LogP contribution >= 0.6 is 28.1 Å². The molecule has 3 heterocycles. The molecule has 6 heteroatoms. The molecular formula is C24H25BrN4S. The number of halogens is 1. The van der Waals surface area contributed by atoms with Gasteiger partial charge in [-0.05, 0) is 67.5 Å². The van der Waals surface area contributed by atoms with E-state index in [1.54, 1.807) is 0 Å². The van der Waals surface area contributed by atoms with E-state index in [4.69, 9.17) is 12.2 Å². The van der Waals surface area contributed by atoms with Crippen molar-refractivity contribution in [2.75, 3.05) is 0 Å². The van der Waals surface area contributed by atoms with Gasteiger partial charge in [0, 0.05) is 34.3 Å². The van der Waals surface area contributed by atoms with Crippen LogP contribution in [0, 0.1) is 0 Å². The Kier molecular flexibility index (Phi) is 5.61. The molecule has 1 N–H and O–H groups in total. The molecule has 2 aliphatic rings. The average Bonchev–Trinajstić information content (AvgIpc) is 3.39. The predicted molar refractivity (Wildman–Crippen MR) is 128 cm³/mol. The summed E-state index contributed by atoms with van der Waals surface area (Å²) in [6.07, 6.45) is 10.3. The first-order valence-corrected chi connectivity index (χ1v) is 11.9. The lowest BCUT2D eigenvalue weighted by Crippen LogP contribution is -2.40. The van der Waals surface area contributed by atoms with E-state index in [2.05, 4.69) is 90.4 Å². The highest BCUT2D eigenvalue weighted by molar-refractivity contribution is 9.10. The maximum atomic E-state index is 5.90. The lowest BCUT2D eigenvalue weighted by atomic mass is 9.92. The Bertz CT molecular complexity index is 1030. The predicted octanol–water partition coefficient (Wildman–Crippen LogP) is 5.94. The zero-order chi connectivity index (χ0) is 20.5. The Morgan fingerprint density at radius 3 is 2.63 bits per heavy atom. The summed E-state index contributed by atoms with van der Waals surface area (Å²) in [7, 11) is 0. The summed E-state index contributed by atoms with van der Waals surface area (Å²) in [6.45, 7) is 0. The number of nitrogens with one attached hydrogen (secondary N) is 1. The van der Waals surface area contributed by atoms with Crippen molar-refractivity contribution < 1.29 is 0 Å². The molecule has 1 saturated heterocycles. The lowest BCUT2D eigenvalue weighted by Gasteiger charge is -2.37. The van der Waals surface area contributed by atoms with Gasteiger partial charge in [-0.2, -0.15) is 0 Å². The van der Waals surface area contributed by atoms with Gasteiger partial charge >= 0.3 is 0 Å². The van der Waals surface area contributed by atoms with E-state index in [0.717, 1.165) is 21.0 Å². The normalized spacial score (nSPS) is 22.3. The van der Waals surface area contributed by atoms with E-state index < -0.39 is 0 Å². The standard InChI is InChI=1S/C24H25BrN4S/c25-17-8-6-11-19(16-17)28-15-7-13-21(28)23-22(20-12-4-5-14-26-20)27-24(30)29(23)18-9-2-1-3-10-18/h4-8,11-16,18,22-23H,1-3,9-10H2,(H,27,30)/t22-,23+/m1/s1. The molecule has 0 bridgehead atoms. The van der Waals surface area contributed by atoms with Crippen molar-refractivity contribution >= 4 is 33.3 Å². The van der Waals surface area contributed by atoms with Gasteiger partial charge in [0.2, 0.25) is 0 Å². The molecule has 0 spiro atoms. The smallest absolute Gasteiger partial charge is 0.170 e. The van der Waals surface area contributed by atoms with Crippen LogP contribution in [-0.2, 0) is 0 Å². The molecule has 2 aromatic heterocycles. The van der Waals surface area contributed by atoms with Crippen molar-refractivity contribution in [3.05, 3.63) is 82.9 Å². The lowest BCUT2D eigenvalue weighted by molar-refractivity contribution is 0.193. The van der Waals surface area contributed by atoms with Crippen LogP contribution in [-0.4, -0.2) is 25.6 Å². The van der Waals surface area contributed by atoms with E-state index in [1.165, 1.54) is 37.8 Å². The quantitative estimate of drug-likeness (QED) is 0.468. The minimum atomic E-state index is 0.0291. The summed E-state index contributed by atoms with van der Waals surface area (Å²) in [5.41, 5.74) is 3.41. The van der Waals surface area contributed by atoms with Gasteiger partial charge in [-0.1, -0.05) is 47.3 Å². The molecule has 1 aliphatic carbocycles. The third-order valence-electron chi connectivity index (χ3n) is 6.27. The summed E-state index contributed by atoms with van der Waals surface area (Å²) < 4.78 is 3.36. The van der Waals surface area contributed by atoms with Crippen molar-refractivity contribution in [3.8, 4) is 5.69 Å². The van der Waals surface area contributed by atoms with Crippen LogP contribution in [0.15, 0.2) is 71.5 Å². The van der Waals surface area contributed by atoms with Crippen LogP contribution in [0.3, 0.4) is 0 Å². The molecule has 2 atom stereocenters. The van der Waals surface area contributed by atoms with Crippen molar-refractivity contribution in [1.82, 2.24) is 19.8 Å². The summed E-state index contributed by atoms with van der Waals surface area (Å²) in [6, 6.07) is 19.5. The van der Waals surface area contributed by atoms with E-state index >= 15 is 0 Å². The number of hydrogen-bond acceptors (Lipinski definition) is 2.